The summed E-state index contributed by atoms with van der Waals surface area (Å²) in [5.74, 6) is 0.344. The highest BCUT2D eigenvalue weighted by molar-refractivity contribution is 5.26. The first kappa shape index (κ1) is 11.4. The normalized spacial score (nSPS) is 22.9. The molecule has 1 aliphatic heterocycles. The molecule has 1 aromatic carbocycles. The molecule has 0 aromatic heterocycles. The maximum atomic E-state index is 9.41. The smallest absolute Gasteiger partial charge is 0.115 e. The summed E-state index contributed by atoms with van der Waals surface area (Å²) in [4.78, 5) is 2.38. The second-order valence-electron chi connectivity index (χ2n) is 4.44. The predicted octanol–water partition coefficient (Wildman–Crippen LogP) is 2.00. The van der Waals surface area contributed by atoms with Crippen molar-refractivity contribution in [1.29, 1.82) is 0 Å². The fourth-order valence-electron chi connectivity index (χ4n) is 2.14. The number of phenolic OH excluding ortho intramolecular Hbond substituents is 1. The van der Waals surface area contributed by atoms with Crippen molar-refractivity contribution >= 4 is 0 Å². The molecule has 1 saturated heterocycles. The van der Waals surface area contributed by atoms with E-state index in [9.17, 15) is 5.11 Å². The average molecular weight is 221 g/mol. The Morgan fingerprint density at radius 3 is 3.19 bits per heavy atom. The molecule has 3 nitrogen and oxygen atoms in total. The van der Waals surface area contributed by atoms with Crippen molar-refractivity contribution in [3.63, 3.8) is 0 Å². The standard InChI is InChI=1S/C13H19NO2/c1-11-9-14(6-3-7-16-11)10-12-4-2-5-13(15)8-12/h2,4-5,8,11,15H,3,6-7,9-10H2,1H3. The molecule has 88 valence electrons. The largest absolute Gasteiger partial charge is 0.508 e. The van der Waals surface area contributed by atoms with Gasteiger partial charge >= 0.3 is 0 Å². The van der Waals surface area contributed by atoms with Crippen LogP contribution in [0, 0.1) is 0 Å². The lowest BCUT2D eigenvalue weighted by Crippen LogP contribution is -2.29. The highest BCUT2D eigenvalue weighted by Gasteiger charge is 2.14. The SMILES string of the molecule is CC1CN(Cc2cccc(O)c2)CCCO1. The molecule has 1 aromatic rings. The molecular weight excluding hydrogens is 202 g/mol. The quantitative estimate of drug-likeness (QED) is 0.829. The van der Waals surface area contributed by atoms with E-state index in [1.54, 1.807) is 6.07 Å². The Bertz CT molecular complexity index is 340. The molecule has 1 fully saturated rings. The number of ether oxygens (including phenoxy) is 1. The summed E-state index contributed by atoms with van der Waals surface area (Å²) in [5, 5.41) is 9.41. The molecule has 1 N–H and O–H groups in total. The summed E-state index contributed by atoms with van der Waals surface area (Å²) in [6.07, 6.45) is 1.39. The molecular formula is C13H19NO2. The molecule has 1 aliphatic rings. The first-order valence-electron chi connectivity index (χ1n) is 5.86. The summed E-state index contributed by atoms with van der Waals surface area (Å²) in [5.41, 5.74) is 1.16. The second-order valence-corrected chi connectivity index (χ2v) is 4.44. The third-order valence-corrected chi connectivity index (χ3v) is 2.85. The topological polar surface area (TPSA) is 32.7 Å². The molecule has 0 bridgehead atoms. The van der Waals surface area contributed by atoms with Gasteiger partial charge in [0.05, 0.1) is 6.10 Å². The van der Waals surface area contributed by atoms with Gasteiger partial charge in [-0.2, -0.15) is 0 Å². The highest BCUT2D eigenvalue weighted by Crippen LogP contribution is 2.14. The van der Waals surface area contributed by atoms with E-state index in [4.69, 9.17) is 4.74 Å². The molecule has 0 spiro atoms. The molecule has 0 amide bonds. The molecule has 16 heavy (non-hydrogen) atoms. The maximum absolute atomic E-state index is 9.41. The van der Waals surface area contributed by atoms with Gasteiger partial charge in [-0.1, -0.05) is 12.1 Å². The van der Waals surface area contributed by atoms with Gasteiger partial charge in [-0.3, -0.25) is 4.90 Å². The first-order valence-corrected chi connectivity index (χ1v) is 5.86. The number of benzene rings is 1. The van der Waals surface area contributed by atoms with Crippen molar-refractivity contribution in [3.8, 4) is 5.75 Å². The molecule has 1 unspecified atom stereocenters. The number of nitrogens with zero attached hydrogens (tertiary/aromatic N) is 1. The first-order chi connectivity index (χ1) is 7.74. The molecule has 1 heterocycles. The predicted molar refractivity (Wildman–Crippen MR) is 63.4 cm³/mol. The maximum Gasteiger partial charge on any atom is 0.115 e. The minimum Gasteiger partial charge on any atom is -0.508 e. The van der Waals surface area contributed by atoms with E-state index < -0.39 is 0 Å². The molecule has 2 rings (SSSR count). The van der Waals surface area contributed by atoms with Crippen molar-refractivity contribution in [3.05, 3.63) is 29.8 Å². The number of hydrogen-bond donors (Lipinski definition) is 1. The van der Waals surface area contributed by atoms with Crippen molar-refractivity contribution in [2.45, 2.75) is 26.0 Å². The summed E-state index contributed by atoms with van der Waals surface area (Å²) in [7, 11) is 0. The van der Waals surface area contributed by atoms with Gasteiger partial charge in [-0.25, -0.2) is 0 Å². The van der Waals surface area contributed by atoms with Crippen LogP contribution in [0.1, 0.15) is 18.9 Å². The van der Waals surface area contributed by atoms with Crippen LogP contribution in [-0.4, -0.2) is 35.8 Å². The van der Waals surface area contributed by atoms with Crippen LogP contribution < -0.4 is 0 Å². The van der Waals surface area contributed by atoms with E-state index >= 15 is 0 Å². The second kappa shape index (κ2) is 5.32. The Labute approximate surface area is 96.6 Å². The van der Waals surface area contributed by atoms with Crippen molar-refractivity contribution < 1.29 is 9.84 Å². The third kappa shape index (κ3) is 3.22. The highest BCUT2D eigenvalue weighted by atomic mass is 16.5. The number of rotatable bonds is 2. The Hall–Kier alpha value is -1.06. The molecule has 0 aliphatic carbocycles. The fraction of sp³-hybridized carbons (Fsp3) is 0.538. The van der Waals surface area contributed by atoms with Gasteiger partial charge in [0.25, 0.3) is 0 Å². The van der Waals surface area contributed by atoms with Crippen LogP contribution in [-0.2, 0) is 11.3 Å². The summed E-state index contributed by atoms with van der Waals surface area (Å²) in [6, 6.07) is 7.48. The van der Waals surface area contributed by atoms with Gasteiger partial charge in [-0.15, -0.1) is 0 Å². The van der Waals surface area contributed by atoms with Gasteiger partial charge < -0.3 is 9.84 Å². The molecule has 0 saturated carbocycles. The van der Waals surface area contributed by atoms with Crippen LogP contribution in [0.3, 0.4) is 0 Å². The Balaban J connectivity index is 1.97. The van der Waals surface area contributed by atoms with Crippen LogP contribution in [0.2, 0.25) is 0 Å². The molecule has 0 radical (unpaired) electrons. The summed E-state index contributed by atoms with van der Waals surface area (Å²) < 4.78 is 5.60. The van der Waals surface area contributed by atoms with Crippen LogP contribution in [0.25, 0.3) is 0 Å². The Morgan fingerprint density at radius 1 is 1.50 bits per heavy atom. The monoisotopic (exact) mass is 221 g/mol. The van der Waals surface area contributed by atoms with Crippen LogP contribution in [0.15, 0.2) is 24.3 Å². The van der Waals surface area contributed by atoms with Gasteiger partial charge in [0, 0.05) is 26.2 Å². The molecule has 1 atom stereocenters. The zero-order valence-electron chi connectivity index (χ0n) is 9.72. The van der Waals surface area contributed by atoms with E-state index in [0.717, 1.165) is 38.2 Å². The Morgan fingerprint density at radius 2 is 2.38 bits per heavy atom. The minimum absolute atomic E-state index is 0.305. The van der Waals surface area contributed by atoms with Gasteiger partial charge in [-0.05, 0) is 31.0 Å². The van der Waals surface area contributed by atoms with E-state index in [2.05, 4.69) is 17.9 Å². The summed E-state index contributed by atoms with van der Waals surface area (Å²) >= 11 is 0. The van der Waals surface area contributed by atoms with Crippen LogP contribution in [0.4, 0.5) is 0 Å². The lowest BCUT2D eigenvalue weighted by atomic mass is 10.2. The van der Waals surface area contributed by atoms with E-state index in [-0.39, 0.29) is 0 Å². The zero-order valence-corrected chi connectivity index (χ0v) is 9.72. The fourth-order valence-corrected chi connectivity index (χ4v) is 2.14. The number of hydrogen-bond acceptors (Lipinski definition) is 3. The zero-order chi connectivity index (χ0) is 11.4. The van der Waals surface area contributed by atoms with Crippen molar-refractivity contribution in [2.75, 3.05) is 19.7 Å². The number of aromatic hydroxyl groups is 1. The lowest BCUT2D eigenvalue weighted by molar-refractivity contribution is 0.0668. The third-order valence-electron chi connectivity index (χ3n) is 2.85. The average Bonchev–Trinajstić information content (AvgIpc) is 2.43. The number of phenols is 1. The molecule has 3 heteroatoms. The Kier molecular flexibility index (Phi) is 3.80. The van der Waals surface area contributed by atoms with Crippen LogP contribution >= 0.6 is 0 Å². The summed E-state index contributed by atoms with van der Waals surface area (Å²) in [6.45, 7) is 5.90. The minimum atomic E-state index is 0.305. The van der Waals surface area contributed by atoms with Gasteiger partial charge in [0.15, 0.2) is 0 Å². The van der Waals surface area contributed by atoms with Crippen LogP contribution in [0.5, 0.6) is 5.75 Å². The van der Waals surface area contributed by atoms with Crippen molar-refractivity contribution in [1.82, 2.24) is 4.90 Å². The lowest BCUT2D eigenvalue weighted by Gasteiger charge is -2.21. The van der Waals surface area contributed by atoms with Crippen molar-refractivity contribution in [2.24, 2.45) is 0 Å². The van der Waals surface area contributed by atoms with E-state index in [0.29, 0.717) is 11.9 Å². The van der Waals surface area contributed by atoms with Gasteiger partial charge in [0.1, 0.15) is 5.75 Å². The van der Waals surface area contributed by atoms with E-state index in [1.807, 2.05) is 12.1 Å². The van der Waals surface area contributed by atoms with E-state index in [1.165, 1.54) is 0 Å². The van der Waals surface area contributed by atoms with Gasteiger partial charge in [0.2, 0.25) is 0 Å².